The highest BCUT2D eigenvalue weighted by molar-refractivity contribution is 7.89. The van der Waals surface area contributed by atoms with Gasteiger partial charge in [0.1, 0.15) is 0 Å². The molecule has 4 N–H and O–H groups in total. The summed E-state index contributed by atoms with van der Waals surface area (Å²) in [6, 6.07) is 5.72. The van der Waals surface area contributed by atoms with Crippen LogP contribution in [0.2, 0.25) is 0 Å². The van der Waals surface area contributed by atoms with E-state index in [9.17, 15) is 13.2 Å². The number of carbonyl (C=O) groups excluding carboxylic acids is 1. The van der Waals surface area contributed by atoms with E-state index in [1.54, 1.807) is 14.0 Å². The molecule has 0 spiro atoms. The lowest BCUT2D eigenvalue weighted by Crippen LogP contribution is -2.28. The Hall–Kier alpha value is -1.44. The van der Waals surface area contributed by atoms with Gasteiger partial charge in [0.05, 0.1) is 4.90 Å². The second-order valence-electron chi connectivity index (χ2n) is 4.02. The molecule has 0 fully saturated rings. The molecule has 1 rings (SSSR count). The van der Waals surface area contributed by atoms with Gasteiger partial charge in [0.25, 0.3) is 0 Å². The monoisotopic (exact) mass is 271 g/mol. The van der Waals surface area contributed by atoms with Crippen molar-refractivity contribution in [2.24, 2.45) is 11.1 Å². The quantitative estimate of drug-likeness (QED) is 0.708. The van der Waals surface area contributed by atoms with Crippen LogP contribution >= 0.6 is 0 Å². The summed E-state index contributed by atoms with van der Waals surface area (Å²) in [5, 5.41) is 10.6. The lowest BCUT2D eigenvalue weighted by molar-refractivity contribution is -0.119. The van der Waals surface area contributed by atoms with Crippen molar-refractivity contribution in [2.45, 2.75) is 11.8 Å². The number of amides is 1. The van der Waals surface area contributed by atoms with Crippen molar-refractivity contribution >= 4 is 21.6 Å². The first-order valence-electron chi connectivity index (χ1n) is 5.43. The van der Waals surface area contributed by atoms with Crippen molar-refractivity contribution in [3.63, 3.8) is 0 Å². The fraction of sp³-hybridized carbons (Fsp3) is 0.364. The molecule has 1 aromatic rings. The number of hydrogen-bond acceptors (Lipinski definition) is 4. The summed E-state index contributed by atoms with van der Waals surface area (Å²) in [7, 11) is -1.93. The average Bonchev–Trinajstić information content (AvgIpc) is 2.28. The first-order chi connectivity index (χ1) is 8.34. The van der Waals surface area contributed by atoms with Crippen LogP contribution in [-0.2, 0) is 14.8 Å². The minimum atomic E-state index is -3.70. The van der Waals surface area contributed by atoms with Crippen molar-refractivity contribution in [1.29, 1.82) is 0 Å². The van der Waals surface area contributed by atoms with Gasteiger partial charge in [-0.3, -0.25) is 4.79 Å². The largest absolute Gasteiger partial charge is 0.326 e. The van der Waals surface area contributed by atoms with E-state index in [1.807, 2.05) is 0 Å². The van der Waals surface area contributed by atoms with Crippen molar-refractivity contribution in [3.8, 4) is 0 Å². The van der Waals surface area contributed by atoms with Crippen molar-refractivity contribution in [2.75, 3.05) is 18.9 Å². The molecule has 0 bridgehead atoms. The highest BCUT2D eigenvalue weighted by Gasteiger charge is 2.12. The molecule has 0 radical (unpaired) electrons. The number of nitrogens with two attached hydrogens (primary N) is 1. The topological polar surface area (TPSA) is 101 Å². The fourth-order valence-corrected chi connectivity index (χ4v) is 1.91. The number of hydrogen-bond donors (Lipinski definition) is 3. The summed E-state index contributed by atoms with van der Waals surface area (Å²) in [4.78, 5) is 11.7. The van der Waals surface area contributed by atoms with E-state index < -0.39 is 10.0 Å². The Labute approximate surface area is 107 Å². The molecule has 0 saturated carbocycles. The second kappa shape index (κ2) is 5.94. The van der Waals surface area contributed by atoms with Crippen LogP contribution in [0.3, 0.4) is 0 Å². The molecule has 1 unspecified atom stereocenters. The Balaban J connectivity index is 2.73. The van der Waals surface area contributed by atoms with Gasteiger partial charge in [-0.25, -0.2) is 13.6 Å². The Morgan fingerprint density at radius 2 is 1.89 bits per heavy atom. The fourth-order valence-electron chi connectivity index (χ4n) is 1.39. The predicted molar refractivity (Wildman–Crippen MR) is 69.5 cm³/mol. The number of nitrogens with one attached hydrogen (secondary N) is 2. The molecule has 0 aliphatic carbocycles. The molecule has 7 heteroatoms. The summed E-state index contributed by atoms with van der Waals surface area (Å²) < 4.78 is 22.1. The Kier molecular flexibility index (Phi) is 4.83. The predicted octanol–water partition coefficient (Wildman–Crippen LogP) is 0.128. The Bertz CT molecular complexity index is 511. The summed E-state index contributed by atoms with van der Waals surface area (Å²) in [6.45, 7) is 2.37. The molecule has 0 aromatic heterocycles. The van der Waals surface area contributed by atoms with E-state index in [1.165, 1.54) is 24.3 Å². The third kappa shape index (κ3) is 4.10. The van der Waals surface area contributed by atoms with Crippen LogP contribution in [0.15, 0.2) is 29.2 Å². The number of anilines is 1. The van der Waals surface area contributed by atoms with Crippen LogP contribution in [-0.4, -0.2) is 27.9 Å². The number of rotatable bonds is 5. The standard InChI is InChI=1S/C11H17N3O3S/c1-8(7-13-2)11(15)14-9-3-5-10(6-4-9)18(12,16)17/h3-6,8,13H,7H2,1-2H3,(H,14,15)(H2,12,16,17). The van der Waals surface area contributed by atoms with E-state index in [0.717, 1.165) is 0 Å². The second-order valence-corrected chi connectivity index (χ2v) is 5.58. The number of primary sulfonamides is 1. The van der Waals surface area contributed by atoms with E-state index in [0.29, 0.717) is 12.2 Å². The summed E-state index contributed by atoms with van der Waals surface area (Å²) >= 11 is 0. The van der Waals surface area contributed by atoms with Crippen molar-refractivity contribution in [3.05, 3.63) is 24.3 Å². The third-order valence-electron chi connectivity index (χ3n) is 2.41. The number of sulfonamides is 1. The van der Waals surface area contributed by atoms with Crippen molar-refractivity contribution in [1.82, 2.24) is 5.32 Å². The van der Waals surface area contributed by atoms with Gasteiger partial charge < -0.3 is 10.6 Å². The Morgan fingerprint density at radius 3 is 2.33 bits per heavy atom. The van der Waals surface area contributed by atoms with E-state index in [2.05, 4.69) is 10.6 Å². The summed E-state index contributed by atoms with van der Waals surface area (Å²) in [5.74, 6) is -0.305. The van der Waals surface area contributed by atoms with E-state index in [-0.39, 0.29) is 16.7 Å². The Morgan fingerprint density at radius 1 is 1.33 bits per heavy atom. The van der Waals surface area contributed by atoms with Crippen LogP contribution in [0.4, 0.5) is 5.69 Å². The van der Waals surface area contributed by atoms with Crippen LogP contribution in [0, 0.1) is 5.92 Å². The first kappa shape index (κ1) is 14.6. The molecule has 0 aliphatic heterocycles. The lowest BCUT2D eigenvalue weighted by Gasteiger charge is -2.11. The average molecular weight is 271 g/mol. The zero-order valence-electron chi connectivity index (χ0n) is 10.3. The highest BCUT2D eigenvalue weighted by atomic mass is 32.2. The molecule has 1 atom stereocenters. The van der Waals surface area contributed by atoms with Gasteiger partial charge in [0.2, 0.25) is 15.9 Å². The highest BCUT2D eigenvalue weighted by Crippen LogP contribution is 2.13. The molecule has 1 aromatic carbocycles. The molecule has 0 saturated heterocycles. The van der Waals surface area contributed by atoms with Gasteiger partial charge in [0, 0.05) is 18.2 Å². The molecule has 1 amide bonds. The molecule has 18 heavy (non-hydrogen) atoms. The molecule has 0 aliphatic rings. The molecule has 6 nitrogen and oxygen atoms in total. The maximum absolute atomic E-state index is 11.7. The van der Waals surface area contributed by atoms with Crippen LogP contribution in [0.1, 0.15) is 6.92 Å². The van der Waals surface area contributed by atoms with E-state index in [4.69, 9.17) is 5.14 Å². The molecular weight excluding hydrogens is 254 g/mol. The van der Waals surface area contributed by atoms with Gasteiger partial charge in [-0.05, 0) is 31.3 Å². The van der Waals surface area contributed by atoms with Gasteiger partial charge >= 0.3 is 0 Å². The van der Waals surface area contributed by atoms with Gasteiger partial charge in [-0.15, -0.1) is 0 Å². The third-order valence-corrected chi connectivity index (χ3v) is 3.34. The maximum atomic E-state index is 11.7. The minimum Gasteiger partial charge on any atom is -0.326 e. The number of carbonyl (C=O) groups is 1. The molecule has 100 valence electrons. The minimum absolute atomic E-state index is 0.0174. The summed E-state index contributed by atoms with van der Waals surface area (Å²) in [5.41, 5.74) is 0.537. The first-order valence-corrected chi connectivity index (χ1v) is 6.97. The SMILES string of the molecule is CNCC(C)C(=O)Nc1ccc(S(N)(=O)=O)cc1. The molecule has 0 heterocycles. The van der Waals surface area contributed by atoms with Gasteiger partial charge in [0.15, 0.2) is 0 Å². The van der Waals surface area contributed by atoms with Crippen LogP contribution in [0.25, 0.3) is 0 Å². The normalized spacial score (nSPS) is 13.1. The smallest absolute Gasteiger partial charge is 0.238 e. The van der Waals surface area contributed by atoms with Crippen LogP contribution in [0.5, 0.6) is 0 Å². The molecular formula is C11H17N3O3S. The van der Waals surface area contributed by atoms with E-state index >= 15 is 0 Å². The van der Waals surface area contributed by atoms with Gasteiger partial charge in [-0.1, -0.05) is 6.92 Å². The van der Waals surface area contributed by atoms with Crippen molar-refractivity contribution < 1.29 is 13.2 Å². The summed E-state index contributed by atoms with van der Waals surface area (Å²) in [6.07, 6.45) is 0. The van der Waals surface area contributed by atoms with Crippen LogP contribution < -0.4 is 15.8 Å². The number of benzene rings is 1. The zero-order chi connectivity index (χ0) is 13.8. The lowest BCUT2D eigenvalue weighted by atomic mass is 10.1. The zero-order valence-corrected chi connectivity index (χ0v) is 11.1. The van der Waals surface area contributed by atoms with Gasteiger partial charge in [-0.2, -0.15) is 0 Å². The maximum Gasteiger partial charge on any atom is 0.238 e.